The van der Waals surface area contributed by atoms with Crippen molar-refractivity contribution in [3.05, 3.63) is 0 Å². The number of halogens is 1. The van der Waals surface area contributed by atoms with Crippen LogP contribution in [0, 0.1) is 0 Å². The predicted octanol–water partition coefficient (Wildman–Crippen LogP) is 0.454. The van der Waals surface area contributed by atoms with Crippen LogP contribution in [0.2, 0.25) is 0 Å². The zero-order chi connectivity index (χ0) is 6.91. The molecule has 0 saturated carbocycles. The lowest BCUT2D eigenvalue weighted by atomic mass is 10.1. The van der Waals surface area contributed by atoms with E-state index in [-0.39, 0.29) is 6.61 Å². The number of ether oxygens (including phenoxy) is 1. The Bertz CT molecular complexity index is 139. The lowest BCUT2D eigenvalue weighted by Gasteiger charge is -2.14. The second-order valence-corrected chi connectivity index (χ2v) is 2.40. The molecule has 1 rings (SSSR count). The third-order valence-electron chi connectivity index (χ3n) is 1.22. The molecule has 52 valence electrons. The first-order valence-electron chi connectivity index (χ1n) is 2.67. The van der Waals surface area contributed by atoms with Crippen molar-refractivity contribution < 1.29 is 13.9 Å². The Kier molecular flexibility index (Phi) is 1.31. The Labute approximate surface area is 52.2 Å². The molecule has 0 radical (unpaired) electrons. The fraction of sp³-hybridized carbons (Fsp3) is 0.800. The van der Waals surface area contributed by atoms with Gasteiger partial charge >= 0.3 is 6.09 Å². The minimum atomic E-state index is -0.781. The van der Waals surface area contributed by atoms with Gasteiger partial charge in [0, 0.05) is 0 Å². The van der Waals surface area contributed by atoms with Crippen molar-refractivity contribution in [2.45, 2.75) is 12.5 Å². The minimum absolute atomic E-state index is 0.127. The fourth-order valence-corrected chi connectivity index (χ4v) is 0.615. The number of alkyl carbamates (subject to hydrolysis) is 1. The predicted molar refractivity (Wildman–Crippen MR) is 28.9 cm³/mol. The number of amides is 1. The molecular weight excluding hydrogens is 125 g/mol. The number of rotatable bonds is 1. The highest BCUT2D eigenvalue weighted by Crippen LogP contribution is 2.11. The van der Waals surface area contributed by atoms with E-state index in [0.717, 1.165) is 0 Å². The molecule has 1 saturated heterocycles. The molecule has 0 bridgehead atoms. The Morgan fingerprint density at radius 2 is 2.67 bits per heavy atom. The molecule has 1 N–H and O–H groups in total. The van der Waals surface area contributed by atoms with E-state index in [1.54, 1.807) is 6.92 Å². The molecular formula is C5H8FNO2. The van der Waals surface area contributed by atoms with Gasteiger partial charge in [-0.3, -0.25) is 0 Å². The molecule has 0 spiro atoms. The van der Waals surface area contributed by atoms with Crippen LogP contribution in [0.4, 0.5) is 9.18 Å². The standard InChI is InChI=1S/C5H8FNO2/c1-5(2-6)3-9-4(8)7-5/h2-3H2,1H3,(H,7,8)/t5-/m1/s1. The van der Waals surface area contributed by atoms with Gasteiger partial charge in [0.25, 0.3) is 0 Å². The maximum atomic E-state index is 12.0. The Morgan fingerprint density at radius 3 is 2.89 bits per heavy atom. The number of alkyl halides is 1. The van der Waals surface area contributed by atoms with Crippen LogP contribution >= 0.6 is 0 Å². The van der Waals surface area contributed by atoms with E-state index < -0.39 is 18.3 Å². The van der Waals surface area contributed by atoms with Gasteiger partial charge in [0.15, 0.2) is 0 Å². The van der Waals surface area contributed by atoms with Crippen LogP contribution in [0.3, 0.4) is 0 Å². The van der Waals surface area contributed by atoms with Gasteiger partial charge in [-0.1, -0.05) is 0 Å². The molecule has 1 atom stereocenters. The Morgan fingerprint density at radius 1 is 2.00 bits per heavy atom. The van der Waals surface area contributed by atoms with E-state index in [0.29, 0.717) is 0 Å². The molecule has 1 aliphatic heterocycles. The van der Waals surface area contributed by atoms with Crippen LogP contribution in [-0.2, 0) is 4.74 Å². The van der Waals surface area contributed by atoms with Crippen LogP contribution in [0.5, 0.6) is 0 Å². The van der Waals surface area contributed by atoms with Gasteiger partial charge in [0.1, 0.15) is 18.8 Å². The first-order valence-corrected chi connectivity index (χ1v) is 2.67. The van der Waals surface area contributed by atoms with E-state index in [1.165, 1.54) is 0 Å². The van der Waals surface area contributed by atoms with Gasteiger partial charge in [-0.15, -0.1) is 0 Å². The summed E-state index contributed by atoms with van der Waals surface area (Å²) in [5.41, 5.74) is -0.781. The van der Waals surface area contributed by atoms with Crippen molar-refractivity contribution in [2.24, 2.45) is 0 Å². The third-order valence-corrected chi connectivity index (χ3v) is 1.22. The van der Waals surface area contributed by atoms with Crippen LogP contribution in [-0.4, -0.2) is 24.9 Å². The van der Waals surface area contributed by atoms with Gasteiger partial charge < -0.3 is 10.1 Å². The van der Waals surface area contributed by atoms with Crippen molar-refractivity contribution in [3.8, 4) is 0 Å². The quantitative estimate of drug-likeness (QED) is 0.564. The summed E-state index contributed by atoms with van der Waals surface area (Å²) < 4.78 is 16.4. The van der Waals surface area contributed by atoms with Crippen LogP contribution < -0.4 is 5.32 Å². The maximum Gasteiger partial charge on any atom is 0.407 e. The molecule has 0 aliphatic carbocycles. The molecule has 1 aliphatic rings. The van der Waals surface area contributed by atoms with Gasteiger partial charge in [-0.25, -0.2) is 9.18 Å². The highest BCUT2D eigenvalue weighted by Gasteiger charge is 2.34. The van der Waals surface area contributed by atoms with Gasteiger partial charge in [0.2, 0.25) is 0 Å². The summed E-state index contributed by atoms with van der Waals surface area (Å²) >= 11 is 0. The highest BCUT2D eigenvalue weighted by molar-refractivity contribution is 5.70. The Hall–Kier alpha value is -0.800. The van der Waals surface area contributed by atoms with Crippen LogP contribution in [0.1, 0.15) is 6.92 Å². The van der Waals surface area contributed by atoms with E-state index in [9.17, 15) is 9.18 Å². The normalized spacial score (nSPS) is 33.8. The average Bonchev–Trinajstić information content (AvgIpc) is 2.13. The minimum Gasteiger partial charge on any atom is -0.447 e. The molecule has 1 fully saturated rings. The summed E-state index contributed by atoms with van der Waals surface area (Å²) in [6.07, 6.45) is -0.532. The molecule has 0 aromatic carbocycles. The summed E-state index contributed by atoms with van der Waals surface area (Å²) in [6, 6.07) is 0. The first kappa shape index (κ1) is 6.32. The largest absolute Gasteiger partial charge is 0.447 e. The molecule has 4 heteroatoms. The Balaban J connectivity index is 2.54. The van der Waals surface area contributed by atoms with Gasteiger partial charge in [0.05, 0.1) is 0 Å². The SMILES string of the molecule is C[C@@]1(CF)COC(=O)N1. The summed E-state index contributed by atoms with van der Waals surface area (Å²) in [7, 11) is 0. The summed E-state index contributed by atoms with van der Waals surface area (Å²) in [5, 5.41) is 2.34. The smallest absolute Gasteiger partial charge is 0.407 e. The molecule has 1 heterocycles. The molecule has 9 heavy (non-hydrogen) atoms. The summed E-state index contributed by atoms with van der Waals surface area (Å²) in [5.74, 6) is 0. The van der Waals surface area contributed by atoms with Crippen LogP contribution in [0.15, 0.2) is 0 Å². The first-order chi connectivity index (χ1) is 4.16. The maximum absolute atomic E-state index is 12.0. The van der Waals surface area contributed by atoms with Crippen molar-refractivity contribution in [3.63, 3.8) is 0 Å². The van der Waals surface area contributed by atoms with E-state index in [4.69, 9.17) is 0 Å². The van der Waals surface area contributed by atoms with E-state index >= 15 is 0 Å². The van der Waals surface area contributed by atoms with Crippen molar-refractivity contribution in [2.75, 3.05) is 13.3 Å². The van der Waals surface area contributed by atoms with Crippen molar-refractivity contribution in [1.82, 2.24) is 5.32 Å². The van der Waals surface area contributed by atoms with E-state index in [2.05, 4.69) is 10.1 Å². The molecule has 0 unspecified atom stereocenters. The summed E-state index contributed by atoms with van der Waals surface area (Å²) in [6.45, 7) is 1.14. The number of cyclic esters (lactones) is 1. The fourth-order valence-electron chi connectivity index (χ4n) is 0.615. The number of carbonyl (C=O) groups is 1. The van der Waals surface area contributed by atoms with Crippen molar-refractivity contribution in [1.29, 1.82) is 0 Å². The molecule has 0 aromatic heterocycles. The van der Waals surface area contributed by atoms with Crippen LogP contribution in [0.25, 0.3) is 0 Å². The number of hydrogen-bond acceptors (Lipinski definition) is 2. The average molecular weight is 133 g/mol. The topological polar surface area (TPSA) is 38.3 Å². The summed E-state index contributed by atoms with van der Waals surface area (Å²) in [4.78, 5) is 10.3. The molecule has 0 aromatic rings. The molecule has 1 amide bonds. The second kappa shape index (κ2) is 1.86. The third kappa shape index (κ3) is 1.12. The number of hydrogen-bond donors (Lipinski definition) is 1. The zero-order valence-electron chi connectivity index (χ0n) is 5.11. The zero-order valence-corrected chi connectivity index (χ0v) is 5.11. The van der Waals surface area contributed by atoms with Crippen molar-refractivity contribution >= 4 is 6.09 Å². The van der Waals surface area contributed by atoms with E-state index in [1.807, 2.05) is 0 Å². The van der Waals surface area contributed by atoms with Gasteiger partial charge in [-0.2, -0.15) is 0 Å². The number of carbonyl (C=O) groups excluding carboxylic acids is 1. The lowest BCUT2D eigenvalue weighted by molar-refractivity contribution is 0.170. The lowest BCUT2D eigenvalue weighted by Crippen LogP contribution is -2.42. The van der Waals surface area contributed by atoms with Gasteiger partial charge in [-0.05, 0) is 6.92 Å². The highest BCUT2D eigenvalue weighted by atomic mass is 19.1. The number of nitrogens with one attached hydrogen (secondary N) is 1. The molecule has 3 nitrogen and oxygen atoms in total. The monoisotopic (exact) mass is 133 g/mol. The second-order valence-electron chi connectivity index (χ2n) is 2.40.